The van der Waals surface area contributed by atoms with Crippen LogP contribution in [0.4, 0.5) is 0 Å². The Morgan fingerprint density at radius 3 is 2.65 bits per heavy atom. The minimum Gasteiger partial charge on any atom is -0.326 e. The lowest BCUT2D eigenvalue weighted by molar-refractivity contribution is 0.0517. The van der Waals surface area contributed by atoms with E-state index in [4.69, 9.17) is 5.73 Å². The molecule has 2 fully saturated rings. The molecule has 1 saturated heterocycles. The Kier molecular flexibility index (Phi) is 4.87. The minimum atomic E-state index is 0.393. The quantitative estimate of drug-likeness (QED) is 0.797. The van der Waals surface area contributed by atoms with Gasteiger partial charge in [-0.3, -0.25) is 4.90 Å². The first-order chi connectivity index (χ1) is 8.27. The van der Waals surface area contributed by atoms with E-state index in [0.29, 0.717) is 12.1 Å². The van der Waals surface area contributed by atoms with Crippen LogP contribution in [-0.4, -0.2) is 29.6 Å². The molecule has 0 aromatic carbocycles. The van der Waals surface area contributed by atoms with Crippen LogP contribution in [0.15, 0.2) is 0 Å². The highest BCUT2D eigenvalue weighted by Gasteiger charge is 2.38. The fraction of sp³-hybridized carbons (Fsp3) is 1.00. The standard InChI is InChI=1S/C15H30N2/c1-3-7-13(16)14(4-2)17-11-6-9-12-8-5-10-15(12)17/h12-15H,3-11,16H2,1-2H3. The van der Waals surface area contributed by atoms with Crippen molar-refractivity contribution in [3.8, 4) is 0 Å². The van der Waals surface area contributed by atoms with E-state index in [1.807, 2.05) is 0 Å². The van der Waals surface area contributed by atoms with Crippen LogP contribution in [0.2, 0.25) is 0 Å². The van der Waals surface area contributed by atoms with Gasteiger partial charge in [-0.25, -0.2) is 0 Å². The molecule has 2 aliphatic rings. The molecular formula is C15H30N2. The van der Waals surface area contributed by atoms with Crippen LogP contribution in [0, 0.1) is 5.92 Å². The monoisotopic (exact) mass is 238 g/mol. The van der Waals surface area contributed by atoms with Crippen LogP contribution < -0.4 is 5.73 Å². The summed E-state index contributed by atoms with van der Waals surface area (Å²) in [5.74, 6) is 0.992. The molecule has 0 aromatic rings. The van der Waals surface area contributed by atoms with Crippen molar-refractivity contribution in [2.45, 2.75) is 83.3 Å². The third kappa shape index (κ3) is 2.85. The van der Waals surface area contributed by atoms with Gasteiger partial charge in [-0.15, -0.1) is 0 Å². The van der Waals surface area contributed by atoms with Gasteiger partial charge in [0.25, 0.3) is 0 Å². The van der Waals surface area contributed by atoms with Crippen LogP contribution >= 0.6 is 0 Å². The molecule has 0 spiro atoms. The Labute approximate surface area is 107 Å². The second-order valence-corrected chi connectivity index (χ2v) is 6.07. The third-order valence-electron chi connectivity index (χ3n) is 5.00. The number of rotatable bonds is 5. The predicted octanol–water partition coefficient (Wildman–Crippen LogP) is 3.16. The molecule has 100 valence electrons. The van der Waals surface area contributed by atoms with Crippen molar-refractivity contribution in [1.82, 2.24) is 4.90 Å². The van der Waals surface area contributed by atoms with E-state index in [9.17, 15) is 0 Å². The van der Waals surface area contributed by atoms with Crippen LogP contribution in [0.1, 0.15) is 65.2 Å². The summed E-state index contributed by atoms with van der Waals surface area (Å²) >= 11 is 0. The number of fused-ring (bicyclic) bond motifs is 1. The molecule has 1 aliphatic heterocycles. The second kappa shape index (κ2) is 6.19. The molecule has 1 aliphatic carbocycles. The minimum absolute atomic E-state index is 0.393. The fourth-order valence-corrected chi connectivity index (χ4v) is 4.21. The van der Waals surface area contributed by atoms with E-state index < -0.39 is 0 Å². The molecule has 17 heavy (non-hydrogen) atoms. The number of hydrogen-bond acceptors (Lipinski definition) is 2. The summed E-state index contributed by atoms with van der Waals surface area (Å²) in [7, 11) is 0. The zero-order valence-corrected chi connectivity index (χ0v) is 11.7. The first kappa shape index (κ1) is 13.4. The van der Waals surface area contributed by atoms with Crippen molar-refractivity contribution >= 4 is 0 Å². The molecule has 0 aromatic heterocycles. The van der Waals surface area contributed by atoms with Gasteiger partial charge in [-0.1, -0.05) is 26.7 Å². The van der Waals surface area contributed by atoms with Crippen LogP contribution in [0.25, 0.3) is 0 Å². The largest absolute Gasteiger partial charge is 0.326 e. The molecule has 0 amide bonds. The summed E-state index contributed by atoms with van der Waals surface area (Å²) in [6.07, 6.45) is 10.9. The molecule has 1 heterocycles. The Morgan fingerprint density at radius 2 is 1.94 bits per heavy atom. The van der Waals surface area contributed by atoms with Gasteiger partial charge in [0.15, 0.2) is 0 Å². The van der Waals surface area contributed by atoms with Crippen molar-refractivity contribution in [2.24, 2.45) is 11.7 Å². The van der Waals surface area contributed by atoms with Crippen LogP contribution in [0.3, 0.4) is 0 Å². The summed E-state index contributed by atoms with van der Waals surface area (Å²) in [6.45, 7) is 5.87. The molecular weight excluding hydrogens is 208 g/mol. The zero-order valence-electron chi connectivity index (χ0n) is 11.7. The number of likely N-dealkylation sites (tertiary alicyclic amines) is 1. The first-order valence-corrected chi connectivity index (χ1v) is 7.79. The summed E-state index contributed by atoms with van der Waals surface area (Å²) in [4.78, 5) is 2.79. The highest BCUT2D eigenvalue weighted by molar-refractivity contribution is 4.94. The Balaban J connectivity index is 2.01. The van der Waals surface area contributed by atoms with Crippen molar-refractivity contribution in [2.75, 3.05) is 6.54 Å². The molecule has 0 bridgehead atoms. The average Bonchev–Trinajstić information content (AvgIpc) is 2.79. The molecule has 2 heteroatoms. The number of nitrogens with zero attached hydrogens (tertiary/aromatic N) is 1. The smallest absolute Gasteiger partial charge is 0.0247 e. The van der Waals surface area contributed by atoms with Crippen molar-refractivity contribution in [3.05, 3.63) is 0 Å². The van der Waals surface area contributed by atoms with Gasteiger partial charge in [0.2, 0.25) is 0 Å². The van der Waals surface area contributed by atoms with Crippen molar-refractivity contribution < 1.29 is 0 Å². The van der Waals surface area contributed by atoms with Gasteiger partial charge in [-0.05, 0) is 51.0 Å². The Hall–Kier alpha value is -0.0800. The Bertz CT molecular complexity index is 229. The van der Waals surface area contributed by atoms with E-state index in [1.165, 1.54) is 57.9 Å². The molecule has 2 rings (SSSR count). The SMILES string of the molecule is CCCC(N)C(CC)N1CCCC2CCCC21. The molecule has 4 atom stereocenters. The predicted molar refractivity (Wildman–Crippen MR) is 74.0 cm³/mol. The lowest BCUT2D eigenvalue weighted by Crippen LogP contribution is -2.54. The Morgan fingerprint density at radius 1 is 1.18 bits per heavy atom. The molecule has 2 N–H and O–H groups in total. The van der Waals surface area contributed by atoms with Crippen LogP contribution in [0.5, 0.6) is 0 Å². The van der Waals surface area contributed by atoms with E-state index in [-0.39, 0.29) is 0 Å². The summed E-state index contributed by atoms with van der Waals surface area (Å²) in [5, 5.41) is 0. The molecule has 2 nitrogen and oxygen atoms in total. The van der Waals surface area contributed by atoms with Crippen molar-refractivity contribution in [1.29, 1.82) is 0 Å². The number of hydrogen-bond donors (Lipinski definition) is 1. The van der Waals surface area contributed by atoms with Gasteiger partial charge in [0, 0.05) is 18.1 Å². The maximum Gasteiger partial charge on any atom is 0.0247 e. The highest BCUT2D eigenvalue weighted by Crippen LogP contribution is 2.38. The van der Waals surface area contributed by atoms with Crippen molar-refractivity contribution in [3.63, 3.8) is 0 Å². The van der Waals surface area contributed by atoms with Gasteiger partial charge in [-0.2, -0.15) is 0 Å². The second-order valence-electron chi connectivity index (χ2n) is 6.07. The summed E-state index contributed by atoms with van der Waals surface area (Å²) < 4.78 is 0. The van der Waals surface area contributed by atoms with E-state index in [1.54, 1.807) is 0 Å². The summed E-state index contributed by atoms with van der Waals surface area (Å²) in [6, 6.07) is 1.90. The topological polar surface area (TPSA) is 29.3 Å². The molecule has 0 radical (unpaired) electrons. The average molecular weight is 238 g/mol. The molecule has 4 unspecified atom stereocenters. The maximum absolute atomic E-state index is 6.41. The van der Waals surface area contributed by atoms with Gasteiger partial charge in [0.05, 0.1) is 0 Å². The molecule has 1 saturated carbocycles. The highest BCUT2D eigenvalue weighted by atomic mass is 15.2. The van der Waals surface area contributed by atoms with Gasteiger partial charge < -0.3 is 5.73 Å². The van der Waals surface area contributed by atoms with E-state index >= 15 is 0 Å². The first-order valence-electron chi connectivity index (χ1n) is 7.79. The third-order valence-corrected chi connectivity index (χ3v) is 5.00. The number of piperidine rings is 1. The lowest BCUT2D eigenvalue weighted by atomic mass is 9.88. The van der Waals surface area contributed by atoms with Gasteiger partial charge >= 0.3 is 0 Å². The van der Waals surface area contributed by atoms with Crippen LogP contribution in [-0.2, 0) is 0 Å². The normalized spacial score (nSPS) is 33.4. The van der Waals surface area contributed by atoms with E-state index in [2.05, 4.69) is 18.7 Å². The van der Waals surface area contributed by atoms with Gasteiger partial charge in [0.1, 0.15) is 0 Å². The summed E-state index contributed by atoms with van der Waals surface area (Å²) in [5.41, 5.74) is 6.41. The number of nitrogens with two attached hydrogens (primary N) is 1. The van der Waals surface area contributed by atoms with E-state index in [0.717, 1.165) is 12.0 Å². The fourth-order valence-electron chi connectivity index (χ4n) is 4.21. The lowest BCUT2D eigenvalue weighted by Gasteiger charge is -2.44. The maximum atomic E-state index is 6.41. The zero-order chi connectivity index (χ0) is 12.3.